The molecule has 0 aliphatic carbocycles. The molecule has 0 amide bonds. The minimum atomic E-state index is -0.0112. The molecule has 0 unspecified atom stereocenters. The summed E-state index contributed by atoms with van der Waals surface area (Å²) in [6.07, 6.45) is 15.0. The Kier molecular flexibility index (Phi) is 16.0. The van der Waals surface area contributed by atoms with Crippen LogP contribution in [0, 0.1) is 0 Å². The van der Waals surface area contributed by atoms with Crippen LogP contribution < -0.4 is 5.73 Å². The predicted octanol–water partition coefficient (Wildman–Crippen LogP) is 4.58. The van der Waals surface area contributed by atoms with Crippen molar-refractivity contribution in [2.45, 2.75) is 90.4 Å². The number of esters is 1. The summed E-state index contributed by atoms with van der Waals surface area (Å²) in [5.74, 6) is -0.0112. The summed E-state index contributed by atoms with van der Waals surface area (Å²) in [5.41, 5.74) is 5.45. The molecule has 0 saturated carbocycles. The zero-order chi connectivity index (χ0) is 14.9. The van der Waals surface area contributed by atoms with Crippen LogP contribution in [0.4, 0.5) is 0 Å². The van der Waals surface area contributed by atoms with E-state index in [-0.39, 0.29) is 5.97 Å². The molecule has 0 aliphatic rings. The van der Waals surface area contributed by atoms with Crippen molar-refractivity contribution in [3.8, 4) is 0 Å². The normalized spacial score (nSPS) is 10.7. The molecule has 0 aromatic carbocycles. The van der Waals surface area contributed by atoms with E-state index in [1.807, 2.05) is 0 Å². The lowest BCUT2D eigenvalue weighted by Gasteiger charge is -2.05. The first-order chi connectivity index (χ1) is 9.81. The van der Waals surface area contributed by atoms with Crippen LogP contribution in [0.25, 0.3) is 0 Å². The minimum Gasteiger partial charge on any atom is -0.466 e. The van der Waals surface area contributed by atoms with Crippen LogP contribution in [0.3, 0.4) is 0 Å². The summed E-state index contributed by atoms with van der Waals surface area (Å²) in [5, 5.41) is 0. The van der Waals surface area contributed by atoms with E-state index in [0.29, 0.717) is 13.0 Å². The van der Waals surface area contributed by atoms with Gasteiger partial charge in [0.25, 0.3) is 0 Å². The zero-order valence-electron chi connectivity index (χ0n) is 13.5. The van der Waals surface area contributed by atoms with Crippen molar-refractivity contribution in [2.24, 2.45) is 5.73 Å². The van der Waals surface area contributed by atoms with Crippen LogP contribution in [-0.4, -0.2) is 19.1 Å². The van der Waals surface area contributed by atoms with Gasteiger partial charge >= 0.3 is 5.97 Å². The molecule has 0 radical (unpaired) electrons. The molecule has 0 saturated heterocycles. The monoisotopic (exact) mass is 285 g/mol. The Hall–Kier alpha value is -0.570. The van der Waals surface area contributed by atoms with Gasteiger partial charge in [0.15, 0.2) is 0 Å². The van der Waals surface area contributed by atoms with Crippen molar-refractivity contribution < 1.29 is 9.53 Å². The van der Waals surface area contributed by atoms with Crippen molar-refractivity contribution in [3.63, 3.8) is 0 Å². The molecule has 20 heavy (non-hydrogen) atoms. The number of unbranched alkanes of at least 4 members (excludes halogenated alkanes) is 10. The molecule has 0 heterocycles. The Bertz CT molecular complexity index is 207. The summed E-state index contributed by atoms with van der Waals surface area (Å²) >= 11 is 0. The number of hydrogen-bond acceptors (Lipinski definition) is 3. The first-order valence-electron chi connectivity index (χ1n) is 8.67. The summed E-state index contributed by atoms with van der Waals surface area (Å²) in [4.78, 5) is 11.4. The van der Waals surface area contributed by atoms with Gasteiger partial charge in [0.1, 0.15) is 0 Å². The maximum Gasteiger partial charge on any atom is 0.305 e. The molecule has 0 aromatic rings. The quantitative estimate of drug-likeness (QED) is 0.354. The second kappa shape index (κ2) is 16.5. The first-order valence-corrected chi connectivity index (χ1v) is 8.67. The van der Waals surface area contributed by atoms with Gasteiger partial charge in [-0.05, 0) is 25.8 Å². The first kappa shape index (κ1) is 19.4. The molecular formula is C17H35NO2. The van der Waals surface area contributed by atoms with Gasteiger partial charge in [-0.1, -0.05) is 64.7 Å². The van der Waals surface area contributed by atoms with Crippen LogP contribution in [0.1, 0.15) is 90.4 Å². The SMILES string of the molecule is CCCCCCC(=O)OCCCCCCCCCCN. The van der Waals surface area contributed by atoms with Gasteiger partial charge < -0.3 is 10.5 Å². The molecule has 0 atom stereocenters. The van der Waals surface area contributed by atoms with Gasteiger partial charge in [-0.3, -0.25) is 4.79 Å². The van der Waals surface area contributed by atoms with Crippen molar-refractivity contribution >= 4 is 5.97 Å². The molecule has 120 valence electrons. The van der Waals surface area contributed by atoms with E-state index in [1.165, 1.54) is 51.4 Å². The Balaban J connectivity index is 3.09. The smallest absolute Gasteiger partial charge is 0.305 e. The number of carbonyl (C=O) groups is 1. The number of carbonyl (C=O) groups excluding carboxylic acids is 1. The Morgan fingerprint density at radius 3 is 1.95 bits per heavy atom. The second-order valence-corrected chi connectivity index (χ2v) is 5.65. The fourth-order valence-electron chi connectivity index (χ4n) is 2.26. The van der Waals surface area contributed by atoms with Gasteiger partial charge in [0, 0.05) is 6.42 Å². The average molecular weight is 285 g/mol. The lowest BCUT2D eigenvalue weighted by molar-refractivity contribution is -0.143. The summed E-state index contributed by atoms with van der Waals surface area (Å²) in [7, 11) is 0. The van der Waals surface area contributed by atoms with Gasteiger partial charge in [-0.2, -0.15) is 0 Å². The van der Waals surface area contributed by atoms with Gasteiger partial charge in [0.05, 0.1) is 6.61 Å². The fraction of sp³-hybridized carbons (Fsp3) is 0.941. The third-order valence-electron chi connectivity index (χ3n) is 3.60. The van der Waals surface area contributed by atoms with Crippen molar-refractivity contribution in [1.29, 1.82) is 0 Å². The largest absolute Gasteiger partial charge is 0.466 e. The lowest BCUT2D eigenvalue weighted by Crippen LogP contribution is -2.05. The highest BCUT2D eigenvalue weighted by molar-refractivity contribution is 5.69. The van der Waals surface area contributed by atoms with Crippen LogP contribution in [0.5, 0.6) is 0 Å². The van der Waals surface area contributed by atoms with E-state index in [1.54, 1.807) is 0 Å². The molecule has 2 N–H and O–H groups in total. The van der Waals surface area contributed by atoms with E-state index >= 15 is 0 Å². The molecule has 0 fully saturated rings. The highest BCUT2D eigenvalue weighted by atomic mass is 16.5. The van der Waals surface area contributed by atoms with Crippen molar-refractivity contribution in [1.82, 2.24) is 0 Å². The average Bonchev–Trinajstić information content (AvgIpc) is 2.45. The number of hydrogen-bond donors (Lipinski definition) is 1. The molecule has 0 bridgehead atoms. The second-order valence-electron chi connectivity index (χ2n) is 5.65. The van der Waals surface area contributed by atoms with Crippen molar-refractivity contribution in [3.05, 3.63) is 0 Å². The van der Waals surface area contributed by atoms with Gasteiger partial charge in [0.2, 0.25) is 0 Å². The van der Waals surface area contributed by atoms with Crippen LogP contribution in [0.15, 0.2) is 0 Å². The number of ether oxygens (including phenoxy) is 1. The van der Waals surface area contributed by atoms with E-state index in [4.69, 9.17) is 10.5 Å². The fourth-order valence-corrected chi connectivity index (χ4v) is 2.26. The maximum absolute atomic E-state index is 11.4. The lowest BCUT2D eigenvalue weighted by atomic mass is 10.1. The van der Waals surface area contributed by atoms with E-state index in [0.717, 1.165) is 32.2 Å². The molecule has 3 nitrogen and oxygen atoms in total. The van der Waals surface area contributed by atoms with E-state index in [9.17, 15) is 4.79 Å². The molecule has 0 spiro atoms. The highest BCUT2D eigenvalue weighted by Gasteiger charge is 2.01. The van der Waals surface area contributed by atoms with E-state index in [2.05, 4.69) is 6.92 Å². The van der Waals surface area contributed by atoms with Crippen LogP contribution in [0.2, 0.25) is 0 Å². The topological polar surface area (TPSA) is 52.3 Å². The third kappa shape index (κ3) is 15.5. The molecule has 0 rings (SSSR count). The van der Waals surface area contributed by atoms with Crippen LogP contribution >= 0.6 is 0 Å². The predicted molar refractivity (Wildman–Crippen MR) is 85.7 cm³/mol. The maximum atomic E-state index is 11.4. The number of nitrogens with two attached hydrogens (primary N) is 1. The molecule has 0 aromatic heterocycles. The van der Waals surface area contributed by atoms with Crippen molar-refractivity contribution in [2.75, 3.05) is 13.2 Å². The third-order valence-corrected chi connectivity index (χ3v) is 3.60. The van der Waals surface area contributed by atoms with Crippen LogP contribution in [-0.2, 0) is 9.53 Å². The summed E-state index contributed by atoms with van der Waals surface area (Å²) in [6.45, 7) is 3.61. The molecular weight excluding hydrogens is 250 g/mol. The Morgan fingerprint density at radius 2 is 1.35 bits per heavy atom. The Morgan fingerprint density at radius 1 is 0.800 bits per heavy atom. The number of rotatable bonds is 15. The minimum absolute atomic E-state index is 0.0112. The molecule has 3 heteroatoms. The zero-order valence-corrected chi connectivity index (χ0v) is 13.5. The standard InChI is InChI=1S/C17H35NO2/c1-2-3-4-11-14-17(19)20-16-13-10-8-6-5-7-9-12-15-18/h2-16,18H2,1H3. The molecule has 0 aliphatic heterocycles. The Labute approximate surface area is 125 Å². The van der Waals surface area contributed by atoms with Gasteiger partial charge in [-0.15, -0.1) is 0 Å². The van der Waals surface area contributed by atoms with E-state index < -0.39 is 0 Å². The van der Waals surface area contributed by atoms with Gasteiger partial charge in [-0.25, -0.2) is 0 Å². The summed E-state index contributed by atoms with van der Waals surface area (Å²) in [6, 6.07) is 0. The highest BCUT2D eigenvalue weighted by Crippen LogP contribution is 2.09. The summed E-state index contributed by atoms with van der Waals surface area (Å²) < 4.78 is 5.23.